The summed E-state index contributed by atoms with van der Waals surface area (Å²) in [5.41, 5.74) is 2.86. The van der Waals surface area contributed by atoms with Gasteiger partial charge in [0.1, 0.15) is 9.88 Å². The van der Waals surface area contributed by atoms with Crippen LogP contribution in [0.2, 0.25) is 0 Å². The second kappa shape index (κ2) is 9.53. The standard InChI is InChI=1S/C26H30N4OS/c1-28-14-8-13-22(19-28)29-15-17-30(18-16-29)26(31)24-23(20-9-4-2-5-10-20)27-25(32-24)21-11-6-3-7-12-21/h2-7,9-12,22H,8,13-19H2,1H3. The smallest absolute Gasteiger partial charge is 0.266 e. The highest BCUT2D eigenvalue weighted by molar-refractivity contribution is 7.17. The number of hydrogen-bond acceptors (Lipinski definition) is 5. The fourth-order valence-electron chi connectivity index (χ4n) is 4.83. The van der Waals surface area contributed by atoms with E-state index in [0.717, 1.165) is 59.4 Å². The van der Waals surface area contributed by atoms with Crippen LogP contribution in [0.15, 0.2) is 60.7 Å². The zero-order chi connectivity index (χ0) is 21.9. The first-order valence-corrected chi connectivity index (χ1v) is 12.3. The molecule has 2 saturated heterocycles. The third kappa shape index (κ3) is 4.49. The number of piperazine rings is 1. The van der Waals surface area contributed by atoms with Crippen molar-refractivity contribution in [2.45, 2.75) is 18.9 Å². The van der Waals surface area contributed by atoms with Crippen molar-refractivity contribution >= 4 is 17.2 Å². The van der Waals surface area contributed by atoms with Crippen LogP contribution in [0.25, 0.3) is 21.8 Å². The average molecular weight is 447 g/mol. The first kappa shape index (κ1) is 21.3. The summed E-state index contributed by atoms with van der Waals surface area (Å²) in [6, 6.07) is 20.9. The van der Waals surface area contributed by atoms with Crippen molar-refractivity contribution in [1.82, 2.24) is 19.7 Å². The minimum Gasteiger partial charge on any atom is -0.335 e. The summed E-state index contributed by atoms with van der Waals surface area (Å²) in [6.45, 7) is 5.82. The van der Waals surface area contributed by atoms with Gasteiger partial charge in [0.15, 0.2) is 0 Å². The van der Waals surface area contributed by atoms with Gasteiger partial charge in [-0.3, -0.25) is 9.69 Å². The molecule has 0 spiro atoms. The van der Waals surface area contributed by atoms with Gasteiger partial charge in [-0.2, -0.15) is 0 Å². The van der Waals surface area contributed by atoms with Crippen molar-refractivity contribution in [3.63, 3.8) is 0 Å². The molecule has 5 nitrogen and oxygen atoms in total. The summed E-state index contributed by atoms with van der Waals surface area (Å²) in [5.74, 6) is 0.115. The Morgan fingerprint density at radius 3 is 2.22 bits per heavy atom. The van der Waals surface area contributed by atoms with Crippen LogP contribution in [0.3, 0.4) is 0 Å². The number of carbonyl (C=O) groups is 1. The highest BCUT2D eigenvalue weighted by atomic mass is 32.1. The zero-order valence-electron chi connectivity index (χ0n) is 18.6. The Kier molecular flexibility index (Phi) is 6.35. The van der Waals surface area contributed by atoms with Gasteiger partial charge in [-0.05, 0) is 26.4 Å². The Hall–Kier alpha value is -2.54. The monoisotopic (exact) mass is 446 g/mol. The quantitative estimate of drug-likeness (QED) is 0.598. The number of thiazole rings is 1. The molecule has 0 bridgehead atoms. The van der Waals surface area contributed by atoms with E-state index in [1.165, 1.54) is 30.7 Å². The van der Waals surface area contributed by atoms with Gasteiger partial charge in [-0.15, -0.1) is 11.3 Å². The molecular weight excluding hydrogens is 416 g/mol. The van der Waals surface area contributed by atoms with Crippen molar-refractivity contribution in [3.05, 3.63) is 65.5 Å². The molecule has 0 saturated carbocycles. The number of rotatable bonds is 4. The maximum Gasteiger partial charge on any atom is 0.266 e. The Balaban J connectivity index is 1.37. The van der Waals surface area contributed by atoms with Crippen LogP contribution in [-0.4, -0.2) is 77.9 Å². The molecule has 1 atom stereocenters. The van der Waals surface area contributed by atoms with Crippen molar-refractivity contribution < 1.29 is 4.79 Å². The summed E-state index contributed by atoms with van der Waals surface area (Å²) in [6.07, 6.45) is 2.54. The van der Waals surface area contributed by atoms with Gasteiger partial charge in [0.05, 0.1) is 5.69 Å². The van der Waals surface area contributed by atoms with Crippen LogP contribution in [0.4, 0.5) is 0 Å². The molecule has 32 heavy (non-hydrogen) atoms. The number of likely N-dealkylation sites (tertiary alicyclic amines) is 1. The number of amides is 1. The third-order valence-electron chi connectivity index (χ3n) is 6.61. The lowest BCUT2D eigenvalue weighted by Crippen LogP contribution is -2.55. The number of likely N-dealkylation sites (N-methyl/N-ethyl adjacent to an activating group) is 1. The molecule has 1 unspecified atom stereocenters. The highest BCUT2D eigenvalue weighted by Crippen LogP contribution is 2.35. The Labute approximate surface area is 194 Å². The van der Waals surface area contributed by atoms with Crippen LogP contribution in [-0.2, 0) is 0 Å². The lowest BCUT2D eigenvalue weighted by molar-refractivity contribution is 0.0456. The van der Waals surface area contributed by atoms with Crippen LogP contribution in [0.1, 0.15) is 22.5 Å². The van der Waals surface area contributed by atoms with E-state index in [2.05, 4.69) is 29.0 Å². The molecule has 0 aliphatic carbocycles. The number of benzene rings is 2. The normalized spacial score (nSPS) is 20.4. The molecule has 1 aromatic heterocycles. The summed E-state index contributed by atoms with van der Waals surface area (Å²) in [4.78, 5) is 26.4. The maximum atomic E-state index is 13.6. The Bertz CT molecular complexity index is 1040. The first-order chi connectivity index (χ1) is 15.7. The summed E-state index contributed by atoms with van der Waals surface area (Å²) in [7, 11) is 2.21. The Morgan fingerprint density at radius 2 is 1.56 bits per heavy atom. The molecule has 2 aliphatic heterocycles. The van der Waals surface area contributed by atoms with Crippen LogP contribution in [0, 0.1) is 0 Å². The number of carbonyl (C=O) groups excluding carboxylic acids is 1. The molecule has 0 N–H and O–H groups in total. The van der Waals surface area contributed by atoms with Gasteiger partial charge in [-0.1, -0.05) is 60.7 Å². The minimum atomic E-state index is 0.115. The largest absolute Gasteiger partial charge is 0.335 e. The van der Waals surface area contributed by atoms with E-state index in [-0.39, 0.29) is 5.91 Å². The predicted molar refractivity (Wildman–Crippen MR) is 131 cm³/mol. The molecule has 2 aromatic carbocycles. The molecule has 0 radical (unpaired) electrons. The van der Waals surface area contributed by atoms with E-state index in [0.29, 0.717) is 6.04 Å². The fraction of sp³-hybridized carbons (Fsp3) is 0.385. The van der Waals surface area contributed by atoms with E-state index < -0.39 is 0 Å². The summed E-state index contributed by atoms with van der Waals surface area (Å²) < 4.78 is 0. The number of piperidine rings is 1. The molecule has 166 valence electrons. The van der Waals surface area contributed by atoms with Crippen molar-refractivity contribution in [2.24, 2.45) is 0 Å². The molecule has 6 heteroatoms. The molecular formula is C26H30N4OS. The van der Waals surface area contributed by atoms with Gasteiger partial charge in [-0.25, -0.2) is 4.98 Å². The molecule has 3 aromatic rings. The third-order valence-corrected chi connectivity index (χ3v) is 7.70. The second-order valence-corrected chi connectivity index (χ2v) is 9.81. The molecule has 3 heterocycles. The second-order valence-electron chi connectivity index (χ2n) is 8.82. The molecule has 1 amide bonds. The lowest BCUT2D eigenvalue weighted by Gasteiger charge is -2.42. The number of nitrogens with zero attached hydrogens (tertiary/aromatic N) is 4. The number of hydrogen-bond donors (Lipinski definition) is 0. The minimum absolute atomic E-state index is 0.115. The van der Waals surface area contributed by atoms with Crippen LogP contribution >= 0.6 is 11.3 Å². The van der Waals surface area contributed by atoms with E-state index in [1.807, 2.05) is 53.4 Å². The van der Waals surface area contributed by atoms with E-state index >= 15 is 0 Å². The fourth-order valence-corrected chi connectivity index (χ4v) is 5.89. The van der Waals surface area contributed by atoms with Crippen molar-refractivity contribution in [2.75, 3.05) is 46.3 Å². The van der Waals surface area contributed by atoms with Crippen molar-refractivity contribution in [1.29, 1.82) is 0 Å². The van der Waals surface area contributed by atoms with Gasteiger partial charge in [0.25, 0.3) is 5.91 Å². The average Bonchev–Trinajstić information content (AvgIpc) is 3.30. The number of aromatic nitrogens is 1. The summed E-state index contributed by atoms with van der Waals surface area (Å²) in [5, 5.41) is 0.900. The lowest BCUT2D eigenvalue weighted by atomic mass is 10.0. The zero-order valence-corrected chi connectivity index (χ0v) is 19.4. The van der Waals surface area contributed by atoms with Crippen LogP contribution < -0.4 is 0 Å². The Morgan fingerprint density at radius 1 is 0.906 bits per heavy atom. The predicted octanol–water partition coefficient (Wildman–Crippen LogP) is 4.33. The van der Waals surface area contributed by atoms with E-state index in [9.17, 15) is 4.79 Å². The first-order valence-electron chi connectivity index (χ1n) is 11.5. The topological polar surface area (TPSA) is 39.7 Å². The summed E-state index contributed by atoms with van der Waals surface area (Å²) >= 11 is 1.52. The molecule has 5 rings (SSSR count). The van der Waals surface area contributed by atoms with Gasteiger partial charge in [0.2, 0.25) is 0 Å². The van der Waals surface area contributed by atoms with Crippen LogP contribution in [0.5, 0.6) is 0 Å². The molecule has 2 aliphatic rings. The van der Waals surface area contributed by atoms with E-state index in [1.54, 1.807) is 0 Å². The van der Waals surface area contributed by atoms with Gasteiger partial charge >= 0.3 is 0 Å². The van der Waals surface area contributed by atoms with Crippen molar-refractivity contribution in [3.8, 4) is 21.8 Å². The van der Waals surface area contributed by atoms with Gasteiger partial charge in [0, 0.05) is 49.9 Å². The SMILES string of the molecule is CN1CCCC(N2CCN(C(=O)c3sc(-c4ccccc4)nc3-c3ccccc3)CC2)C1. The van der Waals surface area contributed by atoms with Gasteiger partial charge < -0.3 is 9.80 Å². The van der Waals surface area contributed by atoms with E-state index in [4.69, 9.17) is 4.98 Å². The highest BCUT2D eigenvalue weighted by Gasteiger charge is 2.31. The molecule has 2 fully saturated rings. The maximum absolute atomic E-state index is 13.6.